The van der Waals surface area contributed by atoms with Crippen molar-refractivity contribution in [3.05, 3.63) is 35.8 Å². The van der Waals surface area contributed by atoms with Crippen molar-refractivity contribution in [2.24, 2.45) is 0 Å². The molecule has 2 rings (SSSR count). The van der Waals surface area contributed by atoms with E-state index in [2.05, 4.69) is 10.1 Å². The number of rotatable bonds is 1. The van der Waals surface area contributed by atoms with Gasteiger partial charge in [0.05, 0.1) is 17.6 Å². The highest BCUT2D eigenvalue weighted by molar-refractivity contribution is 5.48. The Hall–Kier alpha value is -1.84. The van der Waals surface area contributed by atoms with Gasteiger partial charge in [-0.25, -0.2) is 4.68 Å². The van der Waals surface area contributed by atoms with Gasteiger partial charge in [-0.3, -0.25) is 4.98 Å². The Morgan fingerprint density at radius 2 is 2.14 bits per heavy atom. The summed E-state index contributed by atoms with van der Waals surface area (Å²) >= 11 is 0. The first-order valence-corrected chi connectivity index (χ1v) is 4.42. The molecule has 2 aromatic heterocycles. The lowest BCUT2D eigenvalue weighted by Gasteiger charge is -2.02. The fraction of sp³-hybridized carbons (Fsp3) is 0.200. The summed E-state index contributed by atoms with van der Waals surface area (Å²) in [4.78, 5) is 4.02. The Morgan fingerprint density at radius 1 is 1.36 bits per heavy atom. The minimum atomic E-state index is 0.676. The molecule has 14 heavy (non-hydrogen) atoms. The van der Waals surface area contributed by atoms with E-state index in [-0.39, 0.29) is 0 Å². The van der Waals surface area contributed by atoms with Crippen LogP contribution in [0.3, 0.4) is 0 Å². The van der Waals surface area contributed by atoms with E-state index >= 15 is 0 Å². The third-order valence-corrected chi connectivity index (χ3v) is 2.30. The van der Waals surface area contributed by atoms with Gasteiger partial charge in [0.2, 0.25) is 0 Å². The molecule has 2 N–H and O–H groups in total. The summed E-state index contributed by atoms with van der Waals surface area (Å²) in [5.41, 5.74) is 8.77. The van der Waals surface area contributed by atoms with Crippen LogP contribution in [0.2, 0.25) is 0 Å². The molecule has 0 fully saturated rings. The van der Waals surface area contributed by atoms with Gasteiger partial charge in [-0.2, -0.15) is 5.10 Å². The maximum absolute atomic E-state index is 5.91. The van der Waals surface area contributed by atoms with Crippen molar-refractivity contribution in [1.29, 1.82) is 0 Å². The van der Waals surface area contributed by atoms with Gasteiger partial charge in [-0.15, -0.1) is 0 Å². The predicted octanol–water partition coefficient (Wildman–Crippen LogP) is 1.47. The number of nitrogens with zero attached hydrogens (tertiary/aromatic N) is 3. The molecule has 0 spiro atoms. The van der Waals surface area contributed by atoms with Crippen LogP contribution in [0, 0.1) is 13.8 Å². The van der Waals surface area contributed by atoms with Gasteiger partial charge in [0, 0.05) is 11.8 Å². The summed E-state index contributed by atoms with van der Waals surface area (Å²) in [7, 11) is 0. The Kier molecular flexibility index (Phi) is 1.96. The summed E-state index contributed by atoms with van der Waals surface area (Å²) in [6, 6.07) is 3.79. The maximum Gasteiger partial charge on any atom is 0.130 e. The number of nitrogen functional groups attached to an aromatic ring is 1. The molecule has 0 aliphatic carbocycles. The van der Waals surface area contributed by atoms with Crippen molar-refractivity contribution >= 4 is 5.82 Å². The zero-order valence-electron chi connectivity index (χ0n) is 8.23. The fourth-order valence-electron chi connectivity index (χ4n) is 1.30. The average Bonchev–Trinajstić information content (AvgIpc) is 2.47. The summed E-state index contributed by atoms with van der Waals surface area (Å²) in [6.07, 6.45) is 3.46. The van der Waals surface area contributed by atoms with Crippen molar-refractivity contribution in [1.82, 2.24) is 14.8 Å². The van der Waals surface area contributed by atoms with E-state index in [1.54, 1.807) is 17.1 Å². The smallest absolute Gasteiger partial charge is 0.130 e. The van der Waals surface area contributed by atoms with Crippen molar-refractivity contribution in [3.8, 4) is 5.69 Å². The number of anilines is 1. The Morgan fingerprint density at radius 3 is 2.64 bits per heavy atom. The SMILES string of the molecule is Cc1nn(-c2cccnc2)c(N)c1C. The van der Waals surface area contributed by atoms with E-state index in [0.29, 0.717) is 5.82 Å². The largest absolute Gasteiger partial charge is 0.383 e. The molecule has 0 atom stereocenters. The van der Waals surface area contributed by atoms with E-state index in [9.17, 15) is 0 Å². The lowest BCUT2D eigenvalue weighted by molar-refractivity contribution is 0.866. The quantitative estimate of drug-likeness (QED) is 0.737. The van der Waals surface area contributed by atoms with Gasteiger partial charge in [0.1, 0.15) is 5.82 Å². The molecular weight excluding hydrogens is 176 g/mol. The molecule has 0 saturated carbocycles. The Labute approximate surface area is 82.4 Å². The van der Waals surface area contributed by atoms with Crippen molar-refractivity contribution in [2.45, 2.75) is 13.8 Å². The third kappa shape index (κ3) is 1.25. The van der Waals surface area contributed by atoms with E-state index < -0.39 is 0 Å². The van der Waals surface area contributed by atoms with Gasteiger partial charge in [-0.05, 0) is 26.0 Å². The van der Waals surface area contributed by atoms with Crippen LogP contribution in [0.25, 0.3) is 5.69 Å². The Balaban J connectivity index is 2.58. The second kappa shape index (κ2) is 3.14. The maximum atomic E-state index is 5.91. The lowest BCUT2D eigenvalue weighted by Crippen LogP contribution is -2.02. The second-order valence-corrected chi connectivity index (χ2v) is 3.22. The van der Waals surface area contributed by atoms with Crippen LogP contribution in [0.15, 0.2) is 24.5 Å². The van der Waals surface area contributed by atoms with Crippen LogP contribution in [0.4, 0.5) is 5.82 Å². The summed E-state index contributed by atoms with van der Waals surface area (Å²) in [5, 5.41) is 4.33. The second-order valence-electron chi connectivity index (χ2n) is 3.22. The number of pyridine rings is 1. The highest BCUT2D eigenvalue weighted by Gasteiger charge is 2.08. The average molecular weight is 188 g/mol. The summed E-state index contributed by atoms with van der Waals surface area (Å²) in [5.74, 6) is 0.676. The molecule has 0 amide bonds. The van der Waals surface area contributed by atoms with E-state index in [4.69, 9.17) is 5.73 Å². The van der Waals surface area contributed by atoms with Crippen LogP contribution in [-0.2, 0) is 0 Å². The third-order valence-electron chi connectivity index (χ3n) is 2.30. The Bertz CT molecular complexity index is 445. The molecule has 0 saturated heterocycles. The molecular formula is C10H12N4. The molecule has 0 aliphatic heterocycles. The van der Waals surface area contributed by atoms with Crippen LogP contribution < -0.4 is 5.73 Å². The highest BCUT2D eigenvalue weighted by atomic mass is 15.3. The van der Waals surface area contributed by atoms with E-state index in [1.165, 1.54) is 0 Å². The van der Waals surface area contributed by atoms with Crippen molar-refractivity contribution in [2.75, 3.05) is 5.73 Å². The summed E-state index contributed by atoms with van der Waals surface area (Å²) in [6.45, 7) is 3.91. The van der Waals surface area contributed by atoms with Crippen LogP contribution in [-0.4, -0.2) is 14.8 Å². The normalized spacial score (nSPS) is 10.4. The van der Waals surface area contributed by atoms with Gasteiger partial charge in [-0.1, -0.05) is 0 Å². The molecule has 2 aromatic rings. The number of aromatic nitrogens is 3. The molecule has 0 radical (unpaired) electrons. The number of hydrogen-bond donors (Lipinski definition) is 1. The van der Waals surface area contributed by atoms with Crippen LogP contribution in [0.1, 0.15) is 11.3 Å². The molecule has 4 heteroatoms. The van der Waals surface area contributed by atoms with Gasteiger partial charge < -0.3 is 5.73 Å². The minimum absolute atomic E-state index is 0.676. The zero-order chi connectivity index (χ0) is 10.1. The first-order chi connectivity index (χ1) is 6.70. The number of nitrogens with two attached hydrogens (primary N) is 1. The molecule has 0 aliphatic rings. The summed E-state index contributed by atoms with van der Waals surface area (Å²) < 4.78 is 1.71. The molecule has 72 valence electrons. The minimum Gasteiger partial charge on any atom is -0.383 e. The lowest BCUT2D eigenvalue weighted by atomic mass is 10.3. The standard InChI is InChI=1S/C10H12N4/c1-7-8(2)13-14(10(7)11)9-4-3-5-12-6-9/h3-6H,11H2,1-2H3. The number of hydrogen-bond acceptors (Lipinski definition) is 3. The first kappa shape index (κ1) is 8.74. The number of aryl methyl sites for hydroxylation is 1. The van der Waals surface area contributed by atoms with E-state index in [1.807, 2.05) is 26.0 Å². The highest BCUT2D eigenvalue weighted by Crippen LogP contribution is 2.18. The topological polar surface area (TPSA) is 56.7 Å². The van der Waals surface area contributed by atoms with Crippen LogP contribution in [0.5, 0.6) is 0 Å². The molecule has 2 heterocycles. The van der Waals surface area contributed by atoms with Gasteiger partial charge in [0.15, 0.2) is 0 Å². The molecule has 0 aromatic carbocycles. The van der Waals surface area contributed by atoms with E-state index in [0.717, 1.165) is 16.9 Å². The van der Waals surface area contributed by atoms with Gasteiger partial charge in [0.25, 0.3) is 0 Å². The molecule has 0 bridgehead atoms. The monoisotopic (exact) mass is 188 g/mol. The molecule has 0 unspecified atom stereocenters. The van der Waals surface area contributed by atoms with Crippen molar-refractivity contribution in [3.63, 3.8) is 0 Å². The molecule has 4 nitrogen and oxygen atoms in total. The first-order valence-electron chi connectivity index (χ1n) is 4.42. The van der Waals surface area contributed by atoms with Crippen LogP contribution >= 0.6 is 0 Å². The van der Waals surface area contributed by atoms with Crippen molar-refractivity contribution < 1.29 is 0 Å². The predicted molar refractivity (Wildman–Crippen MR) is 55.2 cm³/mol. The van der Waals surface area contributed by atoms with Gasteiger partial charge >= 0.3 is 0 Å². The fourth-order valence-corrected chi connectivity index (χ4v) is 1.30. The zero-order valence-corrected chi connectivity index (χ0v) is 8.23.